The van der Waals surface area contributed by atoms with Gasteiger partial charge < -0.3 is 20.6 Å². The van der Waals surface area contributed by atoms with Crippen LogP contribution >= 0.6 is 0 Å². The lowest BCUT2D eigenvalue weighted by Crippen LogP contribution is -2.47. The highest BCUT2D eigenvalue weighted by molar-refractivity contribution is 5.84. The van der Waals surface area contributed by atoms with Crippen molar-refractivity contribution < 1.29 is 19.5 Å². The zero-order valence-electron chi connectivity index (χ0n) is 13.3. The quantitative estimate of drug-likeness (QED) is 0.589. The van der Waals surface area contributed by atoms with Crippen molar-refractivity contribution in [1.82, 2.24) is 15.5 Å². The van der Waals surface area contributed by atoms with Crippen molar-refractivity contribution in [2.75, 3.05) is 26.7 Å². The molecular formula is C14H27N3O4. The minimum atomic E-state index is -0.919. The molecule has 21 heavy (non-hydrogen) atoms. The Bertz CT molecular complexity index is 358. The van der Waals surface area contributed by atoms with Gasteiger partial charge in [-0.1, -0.05) is 20.8 Å². The Morgan fingerprint density at radius 3 is 2.29 bits per heavy atom. The molecule has 0 radical (unpaired) electrons. The number of hydrogen-bond acceptors (Lipinski definition) is 3. The zero-order valence-corrected chi connectivity index (χ0v) is 13.3. The van der Waals surface area contributed by atoms with Gasteiger partial charge in [-0.25, -0.2) is 4.79 Å². The summed E-state index contributed by atoms with van der Waals surface area (Å²) in [5.74, 6) is -1.55. The smallest absolute Gasteiger partial charge is 0.317 e. The molecular weight excluding hydrogens is 274 g/mol. The van der Waals surface area contributed by atoms with Crippen LogP contribution in [0.2, 0.25) is 0 Å². The van der Waals surface area contributed by atoms with Gasteiger partial charge in [0, 0.05) is 20.1 Å². The monoisotopic (exact) mass is 301 g/mol. The van der Waals surface area contributed by atoms with E-state index in [9.17, 15) is 14.4 Å². The fourth-order valence-corrected chi connectivity index (χ4v) is 1.94. The fraction of sp³-hybridized carbons (Fsp3) is 0.786. The van der Waals surface area contributed by atoms with E-state index in [1.54, 1.807) is 0 Å². The van der Waals surface area contributed by atoms with Crippen LogP contribution in [0.5, 0.6) is 0 Å². The third-order valence-corrected chi connectivity index (χ3v) is 3.00. The summed E-state index contributed by atoms with van der Waals surface area (Å²) in [6.07, 6.45) is 1.22. The van der Waals surface area contributed by atoms with Crippen LogP contribution in [0.15, 0.2) is 0 Å². The number of carbonyl (C=O) groups excluding carboxylic acids is 2. The van der Waals surface area contributed by atoms with Crippen molar-refractivity contribution in [2.24, 2.45) is 11.8 Å². The van der Waals surface area contributed by atoms with Gasteiger partial charge in [-0.3, -0.25) is 9.59 Å². The zero-order chi connectivity index (χ0) is 16.4. The van der Waals surface area contributed by atoms with E-state index in [0.29, 0.717) is 13.0 Å². The van der Waals surface area contributed by atoms with Crippen molar-refractivity contribution in [3.8, 4) is 0 Å². The van der Waals surface area contributed by atoms with Gasteiger partial charge in [0.2, 0.25) is 5.91 Å². The number of urea groups is 1. The lowest BCUT2D eigenvalue weighted by atomic mass is 9.97. The molecule has 0 bridgehead atoms. The van der Waals surface area contributed by atoms with E-state index in [2.05, 4.69) is 10.6 Å². The minimum absolute atomic E-state index is 0.0297. The highest BCUT2D eigenvalue weighted by Crippen LogP contribution is 2.11. The molecule has 0 aliphatic heterocycles. The number of nitrogens with one attached hydrogen (secondary N) is 2. The molecule has 3 N–H and O–H groups in total. The van der Waals surface area contributed by atoms with Crippen molar-refractivity contribution >= 4 is 17.9 Å². The predicted molar refractivity (Wildman–Crippen MR) is 79.9 cm³/mol. The summed E-state index contributed by atoms with van der Waals surface area (Å²) in [5.41, 5.74) is 0. The van der Waals surface area contributed by atoms with Crippen LogP contribution in [-0.2, 0) is 9.59 Å². The third-order valence-electron chi connectivity index (χ3n) is 3.00. The van der Waals surface area contributed by atoms with Gasteiger partial charge in [0.15, 0.2) is 0 Å². The molecule has 7 heteroatoms. The number of carboxylic acid groups (broad SMARTS) is 1. The molecule has 0 fully saturated rings. The highest BCUT2D eigenvalue weighted by atomic mass is 16.4. The minimum Gasteiger partial charge on any atom is -0.481 e. The molecule has 122 valence electrons. The molecule has 1 atom stereocenters. The van der Waals surface area contributed by atoms with Crippen LogP contribution < -0.4 is 10.6 Å². The molecule has 0 aromatic heterocycles. The molecule has 0 heterocycles. The molecule has 0 spiro atoms. The van der Waals surface area contributed by atoms with Crippen LogP contribution in [0.1, 0.15) is 33.6 Å². The molecule has 0 aliphatic carbocycles. The Balaban J connectivity index is 4.52. The summed E-state index contributed by atoms with van der Waals surface area (Å²) in [6, 6.07) is -0.407. The Morgan fingerprint density at radius 1 is 1.24 bits per heavy atom. The summed E-state index contributed by atoms with van der Waals surface area (Å²) < 4.78 is 0. The summed E-state index contributed by atoms with van der Waals surface area (Å²) >= 11 is 0. The van der Waals surface area contributed by atoms with Gasteiger partial charge in [0.1, 0.15) is 6.54 Å². The first-order valence-corrected chi connectivity index (χ1v) is 7.27. The average molecular weight is 301 g/mol. The topological polar surface area (TPSA) is 98.7 Å². The van der Waals surface area contributed by atoms with Crippen LogP contribution in [0, 0.1) is 11.8 Å². The van der Waals surface area contributed by atoms with Crippen LogP contribution in [0.25, 0.3) is 0 Å². The lowest BCUT2D eigenvalue weighted by molar-refractivity contribution is -0.142. The van der Waals surface area contributed by atoms with Gasteiger partial charge in [-0.2, -0.15) is 0 Å². The summed E-state index contributed by atoms with van der Waals surface area (Å²) in [6.45, 7) is 6.27. The molecule has 0 aromatic rings. The van der Waals surface area contributed by atoms with E-state index in [4.69, 9.17) is 5.11 Å². The Hall–Kier alpha value is -1.79. The van der Waals surface area contributed by atoms with Gasteiger partial charge in [-0.15, -0.1) is 0 Å². The van der Waals surface area contributed by atoms with Crippen molar-refractivity contribution in [3.05, 3.63) is 0 Å². The van der Waals surface area contributed by atoms with Crippen molar-refractivity contribution in [3.63, 3.8) is 0 Å². The number of rotatable bonds is 9. The van der Waals surface area contributed by atoms with Gasteiger partial charge >= 0.3 is 12.0 Å². The molecule has 1 unspecified atom stereocenters. The molecule has 0 saturated heterocycles. The molecule has 3 amide bonds. The van der Waals surface area contributed by atoms with Gasteiger partial charge in [-0.05, 0) is 18.8 Å². The fourth-order valence-electron chi connectivity index (χ4n) is 1.94. The second-order valence-electron chi connectivity index (χ2n) is 5.45. The predicted octanol–water partition coefficient (Wildman–Crippen LogP) is 0.901. The second-order valence-corrected chi connectivity index (χ2v) is 5.45. The molecule has 0 rings (SSSR count). The highest BCUT2D eigenvalue weighted by Gasteiger charge is 2.22. The number of likely N-dealkylation sites (N-methyl/N-ethyl adjacent to an activating group) is 1. The number of aliphatic carboxylic acids is 1. The Kier molecular flexibility index (Phi) is 9.16. The van der Waals surface area contributed by atoms with Gasteiger partial charge in [0.25, 0.3) is 0 Å². The number of carbonyl (C=O) groups is 3. The second kappa shape index (κ2) is 10.0. The van der Waals surface area contributed by atoms with E-state index >= 15 is 0 Å². The maximum Gasteiger partial charge on any atom is 0.317 e. The standard InChI is InChI=1S/C14H27N3O4/c1-5-6-17(9-12(18)15-4)14(21)16-8-11(13(19)20)7-10(2)3/h10-11H,5-9H2,1-4H3,(H,15,18)(H,16,21)(H,19,20). The third kappa shape index (κ3) is 8.16. The van der Waals surface area contributed by atoms with E-state index in [0.717, 1.165) is 6.42 Å². The van der Waals surface area contributed by atoms with Crippen molar-refractivity contribution in [1.29, 1.82) is 0 Å². The first-order valence-electron chi connectivity index (χ1n) is 7.27. The van der Waals surface area contributed by atoms with E-state index in [-0.39, 0.29) is 24.9 Å². The normalized spacial score (nSPS) is 11.9. The molecule has 7 nitrogen and oxygen atoms in total. The maximum absolute atomic E-state index is 12.0. The van der Waals surface area contributed by atoms with Crippen molar-refractivity contribution in [2.45, 2.75) is 33.6 Å². The molecule has 0 aromatic carbocycles. The SMILES string of the molecule is CCCN(CC(=O)NC)C(=O)NCC(CC(C)C)C(=O)O. The van der Waals surface area contributed by atoms with Crippen LogP contribution in [-0.4, -0.2) is 54.6 Å². The summed E-state index contributed by atoms with van der Waals surface area (Å²) in [4.78, 5) is 35.9. The Labute approximate surface area is 126 Å². The summed E-state index contributed by atoms with van der Waals surface area (Å²) in [7, 11) is 1.51. The largest absolute Gasteiger partial charge is 0.481 e. The van der Waals surface area contributed by atoms with E-state index < -0.39 is 17.9 Å². The first kappa shape index (κ1) is 19.2. The number of nitrogens with zero attached hydrogens (tertiary/aromatic N) is 1. The average Bonchev–Trinajstić information content (AvgIpc) is 2.41. The number of carboxylic acids is 1. The first-order chi connectivity index (χ1) is 9.81. The van der Waals surface area contributed by atoms with Crippen LogP contribution in [0.4, 0.5) is 4.79 Å². The van der Waals surface area contributed by atoms with E-state index in [1.807, 2.05) is 20.8 Å². The molecule has 0 saturated carbocycles. The van der Waals surface area contributed by atoms with Gasteiger partial charge in [0.05, 0.1) is 5.92 Å². The maximum atomic E-state index is 12.0. The summed E-state index contributed by atoms with van der Waals surface area (Å²) in [5, 5.41) is 14.2. The number of hydrogen-bond donors (Lipinski definition) is 3. The Morgan fingerprint density at radius 2 is 1.86 bits per heavy atom. The van der Waals surface area contributed by atoms with E-state index in [1.165, 1.54) is 11.9 Å². The number of amides is 3. The molecule has 0 aliphatic rings. The van der Waals surface area contributed by atoms with Crippen LogP contribution in [0.3, 0.4) is 0 Å². The lowest BCUT2D eigenvalue weighted by Gasteiger charge is -2.23.